The van der Waals surface area contributed by atoms with E-state index in [0.29, 0.717) is 11.3 Å². The minimum Gasteiger partial charge on any atom is -0.326 e. The number of aryl methyl sites for hydroxylation is 1. The first-order valence-corrected chi connectivity index (χ1v) is 8.65. The van der Waals surface area contributed by atoms with Crippen LogP contribution in [-0.2, 0) is 21.4 Å². The molecule has 0 saturated heterocycles. The molecule has 1 aromatic carbocycles. The summed E-state index contributed by atoms with van der Waals surface area (Å²) in [5, 5.41) is 4.48. The summed E-state index contributed by atoms with van der Waals surface area (Å²) in [6.07, 6.45) is 0. The molecule has 0 spiro atoms. The number of amides is 1. The third kappa shape index (κ3) is 4.13. The maximum Gasteiger partial charge on any atom is 0.241 e. The van der Waals surface area contributed by atoms with Crippen LogP contribution in [0.25, 0.3) is 0 Å². The Bertz CT molecular complexity index is 738. The van der Waals surface area contributed by atoms with Gasteiger partial charge in [0.1, 0.15) is 0 Å². The highest BCUT2D eigenvalue weighted by molar-refractivity contribution is 7.89. The smallest absolute Gasteiger partial charge is 0.241 e. The van der Waals surface area contributed by atoms with E-state index >= 15 is 0 Å². The molecule has 5 nitrogen and oxygen atoms in total. The van der Waals surface area contributed by atoms with E-state index in [9.17, 15) is 13.2 Å². The molecule has 0 aliphatic carbocycles. The van der Waals surface area contributed by atoms with Gasteiger partial charge in [-0.3, -0.25) is 4.79 Å². The monoisotopic (exact) mass is 324 g/mol. The maximum absolute atomic E-state index is 12.4. The van der Waals surface area contributed by atoms with Crippen molar-refractivity contribution >= 4 is 33.0 Å². The molecule has 0 saturated carbocycles. The number of sulfonamides is 1. The summed E-state index contributed by atoms with van der Waals surface area (Å²) in [5.74, 6) is -0.242. The summed E-state index contributed by atoms with van der Waals surface area (Å²) in [6, 6.07) is 8.55. The number of rotatable bonds is 5. The lowest BCUT2D eigenvalue weighted by Crippen LogP contribution is -2.23. The standard InChI is InChI=1S/C14H16N2O3S2/c1-10-5-6-12(16-11(2)17)8-14(10)21(18,19)15-9-13-4-3-7-20-13/h3-8,15H,9H2,1-2H3,(H,16,17). The SMILES string of the molecule is CC(=O)Nc1ccc(C)c(S(=O)(=O)NCc2cccs2)c1. The molecular formula is C14H16N2O3S2. The van der Waals surface area contributed by atoms with Gasteiger partial charge in [-0.05, 0) is 36.1 Å². The summed E-state index contributed by atoms with van der Waals surface area (Å²) in [5.41, 5.74) is 1.09. The molecule has 1 amide bonds. The normalized spacial score (nSPS) is 11.3. The van der Waals surface area contributed by atoms with Crippen LogP contribution in [0.1, 0.15) is 17.4 Å². The first kappa shape index (κ1) is 15.7. The van der Waals surface area contributed by atoms with E-state index in [4.69, 9.17) is 0 Å². The van der Waals surface area contributed by atoms with Gasteiger partial charge in [-0.2, -0.15) is 0 Å². The fraction of sp³-hybridized carbons (Fsp3) is 0.214. The second kappa shape index (κ2) is 6.38. The zero-order valence-electron chi connectivity index (χ0n) is 11.7. The molecule has 1 aromatic heterocycles. The van der Waals surface area contributed by atoms with E-state index in [1.54, 1.807) is 19.1 Å². The molecule has 0 radical (unpaired) electrons. The van der Waals surface area contributed by atoms with Gasteiger partial charge < -0.3 is 5.32 Å². The van der Waals surface area contributed by atoms with Gasteiger partial charge in [-0.25, -0.2) is 13.1 Å². The largest absolute Gasteiger partial charge is 0.326 e. The maximum atomic E-state index is 12.4. The molecule has 2 aromatic rings. The van der Waals surface area contributed by atoms with Crippen molar-refractivity contribution in [2.45, 2.75) is 25.3 Å². The fourth-order valence-corrected chi connectivity index (χ4v) is 3.84. The van der Waals surface area contributed by atoms with Crippen LogP contribution < -0.4 is 10.0 Å². The summed E-state index contributed by atoms with van der Waals surface area (Å²) in [7, 11) is -3.62. The van der Waals surface area contributed by atoms with Gasteiger partial charge in [0.25, 0.3) is 0 Å². The summed E-state index contributed by atoms with van der Waals surface area (Å²) < 4.78 is 27.3. The van der Waals surface area contributed by atoms with Gasteiger partial charge >= 0.3 is 0 Å². The van der Waals surface area contributed by atoms with Gasteiger partial charge in [0.15, 0.2) is 0 Å². The molecule has 0 unspecified atom stereocenters. The summed E-state index contributed by atoms with van der Waals surface area (Å²) >= 11 is 1.49. The average molecular weight is 324 g/mol. The first-order chi connectivity index (χ1) is 9.88. The Kier molecular flexibility index (Phi) is 4.76. The second-order valence-electron chi connectivity index (χ2n) is 4.57. The number of carbonyl (C=O) groups is 1. The average Bonchev–Trinajstić information content (AvgIpc) is 2.91. The van der Waals surface area contributed by atoms with Crippen LogP contribution in [0.15, 0.2) is 40.6 Å². The Morgan fingerprint density at radius 2 is 2.05 bits per heavy atom. The number of anilines is 1. The molecule has 112 valence electrons. The highest BCUT2D eigenvalue weighted by atomic mass is 32.2. The Morgan fingerprint density at radius 3 is 2.67 bits per heavy atom. The molecule has 0 aliphatic rings. The topological polar surface area (TPSA) is 75.3 Å². The van der Waals surface area contributed by atoms with Crippen LogP contribution in [0.2, 0.25) is 0 Å². The van der Waals surface area contributed by atoms with E-state index in [1.165, 1.54) is 24.3 Å². The minimum absolute atomic E-state index is 0.172. The third-order valence-electron chi connectivity index (χ3n) is 2.81. The number of nitrogens with one attached hydrogen (secondary N) is 2. The summed E-state index contributed by atoms with van der Waals surface area (Å²) in [4.78, 5) is 12.2. The quantitative estimate of drug-likeness (QED) is 0.887. The third-order valence-corrected chi connectivity index (χ3v) is 5.23. The number of carbonyl (C=O) groups excluding carboxylic acids is 1. The Labute approximate surface area is 128 Å². The number of benzene rings is 1. The lowest BCUT2D eigenvalue weighted by atomic mass is 10.2. The molecular weight excluding hydrogens is 308 g/mol. The Morgan fingerprint density at radius 1 is 1.29 bits per heavy atom. The van der Waals surface area contributed by atoms with E-state index < -0.39 is 10.0 Å². The molecule has 0 fully saturated rings. The zero-order valence-corrected chi connectivity index (χ0v) is 13.3. The van der Waals surface area contributed by atoms with Crippen molar-refractivity contribution in [3.8, 4) is 0 Å². The van der Waals surface area contributed by atoms with Crippen LogP contribution in [0.4, 0.5) is 5.69 Å². The molecule has 2 rings (SSSR count). The van der Waals surface area contributed by atoms with Gasteiger partial charge in [-0.15, -0.1) is 11.3 Å². The number of hydrogen-bond acceptors (Lipinski definition) is 4. The van der Waals surface area contributed by atoms with Crippen LogP contribution in [0.5, 0.6) is 0 Å². The van der Waals surface area contributed by atoms with Crippen molar-refractivity contribution in [3.05, 3.63) is 46.2 Å². The lowest BCUT2D eigenvalue weighted by Gasteiger charge is -2.11. The molecule has 0 atom stereocenters. The van der Waals surface area contributed by atoms with Crippen molar-refractivity contribution in [3.63, 3.8) is 0 Å². The van der Waals surface area contributed by atoms with Gasteiger partial charge in [0.2, 0.25) is 15.9 Å². The zero-order chi connectivity index (χ0) is 15.5. The van der Waals surface area contributed by atoms with Crippen molar-refractivity contribution in [1.82, 2.24) is 4.72 Å². The predicted molar refractivity (Wildman–Crippen MR) is 83.8 cm³/mol. The van der Waals surface area contributed by atoms with E-state index in [1.807, 2.05) is 17.5 Å². The molecule has 7 heteroatoms. The van der Waals surface area contributed by atoms with Crippen LogP contribution in [-0.4, -0.2) is 14.3 Å². The van der Waals surface area contributed by atoms with Gasteiger partial charge in [0.05, 0.1) is 4.90 Å². The van der Waals surface area contributed by atoms with E-state index in [-0.39, 0.29) is 17.3 Å². The minimum atomic E-state index is -3.62. The van der Waals surface area contributed by atoms with Gasteiger partial charge in [-0.1, -0.05) is 12.1 Å². The predicted octanol–water partition coefficient (Wildman–Crippen LogP) is 2.49. The van der Waals surface area contributed by atoms with Crippen LogP contribution >= 0.6 is 11.3 Å². The van der Waals surface area contributed by atoms with E-state index in [0.717, 1.165) is 4.88 Å². The Balaban J connectivity index is 2.23. The molecule has 0 aliphatic heterocycles. The van der Waals surface area contributed by atoms with Gasteiger partial charge in [0, 0.05) is 24.0 Å². The second-order valence-corrected chi connectivity index (χ2v) is 7.33. The van der Waals surface area contributed by atoms with Crippen molar-refractivity contribution < 1.29 is 13.2 Å². The van der Waals surface area contributed by atoms with Crippen molar-refractivity contribution in [2.75, 3.05) is 5.32 Å². The highest BCUT2D eigenvalue weighted by Gasteiger charge is 2.17. The first-order valence-electron chi connectivity index (χ1n) is 6.29. The van der Waals surface area contributed by atoms with Crippen LogP contribution in [0, 0.1) is 6.92 Å². The number of thiophene rings is 1. The molecule has 0 bridgehead atoms. The van der Waals surface area contributed by atoms with E-state index in [2.05, 4.69) is 10.0 Å². The van der Waals surface area contributed by atoms with Crippen molar-refractivity contribution in [1.29, 1.82) is 0 Å². The Hall–Kier alpha value is -1.70. The molecule has 1 heterocycles. The molecule has 2 N–H and O–H groups in total. The fourth-order valence-electron chi connectivity index (χ4n) is 1.83. The van der Waals surface area contributed by atoms with Crippen LogP contribution in [0.3, 0.4) is 0 Å². The molecule has 21 heavy (non-hydrogen) atoms. The lowest BCUT2D eigenvalue weighted by molar-refractivity contribution is -0.114. The van der Waals surface area contributed by atoms with Crippen molar-refractivity contribution in [2.24, 2.45) is 0 Å². The highest BCUT2D eigenvalue weighted by Crippen LogP contribution is 2.20. The number of hydrogen-bond donors (Lipinski definition) is 2. The summed E-state index contributed by atoms with van der Waals surface area (Å²) in [6.45, 7) is 3.35.